The summed E-state index contributed by atoms with van der Waals surface area (Å²) >= 11 is 0. The highest BCUT2D eigenvalue weighted by Crippen LogP contribution is 2.26. The molecular formula is C21H26N4O. The number of aromatic nitrogens is 2. The van der Waals surface area contributed by atoms with E-state index in [2.05, 4.69) is 22.5 Å². The maximum absolute atomic E-state index is 12.3. The van der Waals surface area contributed by atoms with Gasteiger partial charge < -0.3 is 15.0 Å². The van der Waals surface area contributed by atoms with Gasteiger partial charge in [0.1, 0.15) is 5.65 Å². The molecule has 5 heteroatoms. The van der Waals surface area contributed by atoms with Gasteiger partial charge >= 0.3 is 0 Å². The van der Waals surface area contributed by atoms with Crippen LogP contribution in [0.25, 0.3) is 5.65 Å². The van der Waals surface area contributed by atoms with Crippen LogP contribution in [0.1, 0.15) is 45.0 Å². The molecule has 0 aliphatic heterocycles. The summed E-state index contributed by atoms with van der Waals surface area (Å²) in [5.74, 6) is 0.00569. The lowest BCUT2D eigenvalue weighted by molar-refractivity contribution is -0.123. The van der Waals surface area contributed by atoms with Crippen molar-refractivity contribution in [2.75, 3.05) is 10.6 Å². The molecule has 1 atom stereocenters. The van der Waals surface area contributed by atoms with Crippen LogP contribution in [0.5, 0.6) is 0 Å². The number of hydrogen-bond donors (Lipinski definition) is 2. The highest BCUT2D eigenvalue weighted by atomic mass is 16.2. The van der Waals surface area contributed by atoms with E-state index in [4.69, 9.17) is 0 Å². The van der Waals surface area contributed by atoms with Crippen LogP contribution < -0.4 is 10.6 Å². The van der Waals surface area contributed by atoms with Gasteiger partial charge in [-0.2, -0.15) is 0 Å². The summed E-state index contributed by atoms with van der Waals surface area (Å²) in [4.78, 5) is 17.0. The summed E-state index contributed by atoms with van der Waals surface area (Å²) in [5.41, 5.74) is 4.28. The number of carbonyl (C=O) groups excluding carboxylic acids is 1. The minimum atomic E-state index is -0.431. The summed E-state index contributed by atoms with van der Waals surface area (Å²) in [6, 6.07) is 12.0. The number of carbonyl (C=O) groups is 1. The van der Waals surface area contributed by atoms with Gasteiger partial charge in [0.05, 0.1) is 11.7 Å². The Labute approximate surface area is 154 Å². The third kappa shape index (κ3) is 3.87. The van der Waals surface area contributed by atoms with Crippen molar-refractivity contribution >= 4 is 22.9 Å². The van der Waals surface area contributed by atoms with Crippen LogP contribution in [0.4, 0.5) is 11.4 Å². The number of benzene rings is 1. The van der Waals surface area contributed by atoms with Gasteiger partial charge in [-0.25, -0.2) is 4.98 Å². The number of anilines is 2. The first-order chi connectivity index (χ1) is 12.2. The Balaban J connectivity index is 1.79. The van der Waals surface area contributed by atoms with Crippen molar-refractivity contribution in [3.05, 3.63) is 60.0 Å². The first-order valence-electron chi connectivity index (χ1n) is 8.86. The first-order valence-corrected chi connectivity index (χ1v) is 8.86. The Hall–Kier alpha value is -2.82. The fourth-order valence-electron chi connectivity index (χ4n) is 2.64. The molecule has 0 aliphatic rings. The van der Waals surface area contributed by atoms with E-state index < -0.39 is 5.41 Å². The third-order valence-corrected chi connectivity index (χ3v) is 4.38. The summed E-state index contributed by atoms with van der Waals surface area (Å²) in [5, 5.41) is 6.50. The Kier molecular flexibility index (Phi) is 4.72. The summed E-state index contributed by atoms with van der Waals surface area (Å²) in [6.45, 7) is 9.80. The van der Waals surface area contributed by atoms with Gasteiger partial charge in [-0.1, -0.05) is 32.9 Å². The maximum Gasteiger partial charge on any atom is 0.229 e. The number of aryl methyl sites for hydroxylation is 1. The summed E-state index contributed by atoms with van der Waals surface area (Å²) < 4.78 is 2.01. The standard InChI is InChI=1S/C21H26N4O/c1-14-9-10-16(12-17(14)24-20(26)21(3,4)5)22-15(2)18-13-25-11-7-6-8-19(25)23-18/h6-13,15,22H,1-5H3,(H,24,26)/t15-/m1/s1. The van der Waals surface area contributed by atoms with Crippen LogP contribution in [0.15, 0.2) is 48.8 Å². The molecule has 2 N–H and O–H groups in total. The van der Waals surface area contributed by atoms with Crippen molar-refractivity contribution in [3.63, 3.8) is 0 Å². The van der Waals surface area contributed by atoms with Crippen LogP contribution >= 0.6 is 0 Å². The highest BCUT2D eigenvalue weighted by molar-refractivity contribution is 5.95. The molecule has 2 heterocycles. The summed E-state index contributed by atoms with van der Waals surface area (Å²) in [7, 11) is 0. The van der Waals surface area contributed by atoms with Crippen molar-refractivity contribution in [1.82, 2.24) is 9.38 Å². The SMILES string of the molecule is Cc1ccc(N[C@H](C)c2cn3ccccc3n2)cc1NC(=O)C(C)(C)C. The quantitative estimate of drug-likeness (QED) is 0.710. The van der Waals surface area contributed by atoms with Crippen molar-refractivity contribution < 1.29 is 4.79 Å². The van der Waals surface area contributed by atoms with Crippen LogP contribution in [0.2, 0.25) is 0 Å². The molecule has 0 saturated carbocycles. The zero-order valence-electron chi connectivity index (χ0n) is 16.0. The van der Waals surface area contributed by atoms with E-state index in [9.17, 15) is 4.79 Å². The van der Waals surface area contributed by atoms with Crippen LogP contribution in [-0.2, 0) is 4.79 Å². The molecule has 0 fully saturated rings. The second-order valence-corrected chi connectivity index (χ2v) is 7.73. The van der Waals surface area contributed by atoms with Gasteiger partial charge in [0.25, 0.3) is 0 Å². The van der Waals surface area contributed by atoms with E-state index in [1.807, 2.05) is 80.9 Å². The molecule has 3 rings (SSSR count). The molecule has 1 aromatic carbocycles. The zero-order chi connectivity index (χ0) is 18.9. The molecule has 0 aliphatic carbocycles. The molecule has 136 valence electrons. The lowest BCUT2D eigenvalue weighted by Gasteiger charge is -2.20. The van der Waals surface area contributed by atoms with E-state index in [0.717, 1.165) is 28.3 Å². The van der Waals surface area contributed by atoms with Crippen LogP contribution in [-0.4, -0.2) is 15.3 Å². The predicted octanol–water partition coefficient (Wildman–Crippen LogP) is 4.80. The van der Waals surface area contributed by atoms with Gasteiger partial charge in [0.2, 0.25) is 5.91 Å². The van der Waals surface area contributed by atoms with Crippen LogP contribution in [0, 0.1) is 12.3 Å². The van der Waals surface area contributed by atoms with Crippen molar-refractivity contribution in [1.29, 1.82) is 0 Å². The van der Waals surface area contributed by atoms with Crippen molar-refractivity contribution in [3.8, 4) is 0 Å². The monoisotopic (exact) mass is 350 g/mol. The Morgan fingerprint density at radius 2 is 1.96 bits per heavy atom. The number of imidazole rings is 1. The smallest absolute Gasteiger partial charge is 0.229 e. The van der Waals surface area contributed by atoms with Gasteiger partial charge in [-0.15, -0.1) is 0 Å². The topological polar surface area (TPSA) is 58.4 Å². The number of nitrogens with one attached hydrogen (secondary N) is 2. The number of nitrogens with zero attached hydrogens (tertiary/aromatic N) is 2. The molecule has 0 bridgehead atoms. The molecule has 0 saturated heterocycles. The minimum absolute atomic E-state index is 0.00569. The lowest BCUT2D eigenvalue weighted by atomic mass is 9.95. The molecule has 1 amide bonds. The second kappa shape index (κ2) is 6.83. The predicted molar refractivity (Wildman–Crippen MR) is 106 cm³/mol. The highest BCUT2D eigenvalue weighted by Gasteiger charge is 2.22. The fraction of sp³-hybridized carbons (Fsp3) is 0.333. The lowest BCUT2D eigenvalue weighted by Crippen LogP contribution is -2.28. The van der Waals surface area contributed by atoms with E-state index in [1.54, 1.807) is 0 Å². The first kappa shape index (κ1) is 18.0. The number of amides is 1. The molecule has 0 spiro atoms. The Morgan fingerprint density at radius 1 is 1.19 bits per heavy atom. The van der Waals surface area contributed by atoms with Gasteiger partial charge in [0, 0.05) is 29.2 Å². The molecule has 2 aromatic heterocycles. The number of fused-ring (bicyclic) bond motifs is 1. The van der Waals surface area contributed by atoms with Gasteiger partial charge in [0.15, 0.2) is 0 Å². The average molecular weight is 350 g/mol. The normalized spacial score (nSPS) is 12.8. The fourth-order valence-corrected chi connectivity index (χ4v) is 2.64. The van der Waals surface area contributed by atoms with Crippen molar-refractivity contribution in [2.45, 2.75) is 40.7 Å². The largest absolute Gasteiger partial charge is 0.377 e. The molecule has 26 heavy (non-hydrogen) atoms. The second-order valence-electron chi connectivity index (χ2n) is 7.73. The summed E-state index contributed by atoms with van der Waals surface area (Å²) in [6.07, 6.45) is 4.02. The van der Waals surface area contributed by atoms with Gasteiger partial charge in [-0.05, 0) is 43.7 Å². The third-order valence-electron chi connectivity index (χ3n) is 4.38. The van der Waals surface area contributed by atoms with E-state index >= 15 is 0 Å². The van der Waals surface area contributed by atoms with E-state index in [1.165, 1.54) is 0 Å². The number of pyridine rings is 1. The Morgan fingerprint density at radius 3 is 2.65 bits per heavy atom. The number of rotatable bonds is 4. The molecular weight excluding hydrogens is 324 g/mol. The van der Waals surface area contributed by atoms with E-state index in [-0.39, 0.29) is 11.9 Å². The Bertz CT molecular complexity index is 904. The van der Waals surface area contributed by atoms with Crippen molar-refractivity contribution in [2.24, 2.45) is 5.41 Å². The molecule has 3 aromatic rings. The number of hydrogen-bond acceptors (Lipinski definition) is 3. The molecule has 5 nitrogen and oxygen atoms in total. The minimum Gasteiger partial charge on any atom is -0.377 e. The van der Waals surface area contributed by atoms with Gasteiger partial charge in [-0.3, -0.25) is 4.79 Å². The maximum atomic E-state index is 12.3. The molecule has 0 unspecified atom stereocenters. The zero-order valence-corrected chi connectivity index (χ0v) is 16.0. The average Bonchev–Trinajstić information content (AvgIpc) is 3.01. The van der Waals surface area contributed by atoms with E-state index in [0.29, 0.717) is 0 Å². The van der Waals surface area contributed by atoms with Crippen LogP contribution in [0.3, 0.4) is 0 Å². The molecule has 0 radical (unpaired) electrons.